The van der Waals surface area contributed by atoms with E-state index in [1.165, 1.54) is 0 Å². The summed E-state index contributed by atoms with van der Waals surface area (Å²) < 4.78 is 1.86. The molecule has 3 heterocycles. The zero-order valence-corrected chi connectivity index (χ0v) is 15.4. The van der Waals surface area contributed by atoms with Crippen LogP contribution < -0.4 is 10.2 Å². The van der Waals surface area contributed by atoms with Gasteiger partial charge >= 0.3 is 0 Å². The highest BCUT2D eigenvalue weighted by Crippen LogP contribution is 2.38. The molecule has 3 aromatic rings. The number of nitrogens with one attached hydrogen (secondary N) is 1. The van der Waals surface area contributed by atoms with Crippen molar-refractivity contribution in [3.63, 3.8) is 0 Å². The molecule has 27 heavy (non-hydrogen) atoms. The van der Waals surface area contributed by atoms with Gasteiger partial charge in [-0.3, -0.25) is 4.79 Å². The van der Waals surface area contributed by atoms with Crippen LogP contribution in [0.4, 0.5) is 5.82 Å². The van der Waals surface area contributed by atoms with Crippen LogP contribution in [-0.2, 0) is 0 Å². The molecule has 0 radical (unpaired) electrons. The van der Waals surface area contributed by atoms with Crippen molar-refractivity contribution in [3.8, 4) is 0 Å². The maximum atomic E-state index is 12.5. The molecular formula is C19H19ClN6O. The molecule has 1 amide bonds. The molecule has 8 heteroatoms. The predicted octanol–water partition coefficient (Wildman–Crippen LogP) is 2.66. The van der Waals surface area contributed by atoms with E-state index in [-0.39, 0.29) is 11.9 Å². The SMILES string of the molecule is O=C(NC1CCN(c2ccc3nnc(C4CC4)n3n2)C1)c1ccccc1Cl. The number of rotatable bonds is 4. The minimum atomic E-state index is -0.134. The van der Waals surface area contributed by atoms with E-state index in [0.29, 0.717) is 16.5 Å². The lowest BCUT2D eigenvalue weighted by Gasteiger charge is -2.18. The monoisotopic (exact) mass is 382 g/mol. The van der Waals surface area contributed by atoms with Crippen molar-refractivity contribution in [2.24, 2.45) is 0 Å². The molecule has 138 valence electrons. The largest absolute Gasteiger partial charge is 0.353 e. The summed E-state index contributed by atoms with van der Waals surface area (Å²) in [6.45, 7) is 1.56. The average molecular weight is 383 g/mol. The standard InChI is InChI=1S/C19H19ClN6O/c20-15-4-2-1-3-14(15)19(27)21-13-9-10-25(11-13)17-8-7-16-22-23-18(12-5-6-12)26(16)24-17/h1-4,7-8,12-13H,5-6,9-11H2,(H,21,27). The lowest BCUT2D eigenvalue weighted by molar-refractivity contribution is 0.0940. The van der Waals surface area contributed by atoms with Crippen molar-refractivity contribution >= 4 is 29.0 Å². The third-order valence-electron chi connectivity index (χ3n) is 5.18. The quantitative estimate of drug-likeness (QED) is 0.750. The molecule has 1 aliphatic carbocycles. The van der Waals surface area contributed by atoms with Crippen LogP contribution in [0.15, 0.2) is 36.4 Å². The van der Waals surface area contributed by atoms with Crippen LogP contribution >= 0.6 is 11.6 Å². The van der Waals surface area contributed by atoms with E-state index in [1.807, 2.05) is 28.8 Å². The van der Waals surface area contributed by atoms with E-state index < -0.39 is 0 Å². The van der Waals surface area contributed by atoms with Crippen LogP contribution in [0.5, 0.6) is 0 Å². The summed E-state index contributed by atoms with van der Waals surface area (Å²) in [6.07, 6.45) is 3.19. The number of fused-ring (bicyclic) bond motifs is 1. The molecular weight excluding hydrogens is 364 g/mol. The van der Waals surface area contributed by atoms with E-state index in [1.54, 1.807) is 12.1 Å². The Kier molecular flexibility index (Phi) is 3.97. The van der Waals surface area contributed by atoms with Crippen molar-refractivity contribution in [3.05, 3.63) is 52.8 Å². The lowest BCUT2D eigenvalue weighted by Crippen LogP contribution is -2.37. The Morgan fingerprint density at radius 2 is 1.96 bits per heavy atom. The number of amides is 1. The van der Waals surface area contributed by atoms with Gasteiger partial charge in [0, 0.05) is 25.0 Å². The number of carbonyl (C=O) groups is 1. The number of halogens is 1. The van der Waals surface area contributed by atoms with Gasteiger partial charge in [0.15, 0.2) is 11.5 Å². The first kappa shape index (κ1) is 16.5. The fourth-order valence-corrected chi connectivity index (χ4v) is 3.78. The molecule has 5 rings (SSSR count). The molecule has 1 N–H and O–H groups in total. The highest BCUT2D eigenvalue weighted by Gasteiger charge is 2.30. The molecule has 1 aliphatic heterocycles. The van der Waals surface area contributed by atoms with Crippen LogP contribution in [-0.4, -0.2) is 44.8 Å². The highest BCUT2D eigenvalue weighted by atomic mass is 35.5. The molecule has 1 aromatic carbocycles. The van der Waals surface area contributed by atoms with E-state index in [4.69, 9.17) is 16.7 Å². The Morgan fingerprint density at radius 3 is 2.78 bits per heavy atom. The number of hydrogen-bond acceptors (Lipinski definition) is 5. The highest BCUT2D eigenvalue weighted by molar-refractivity contribution is 6.33. The Labute approximate surface area is 161 Å². The van der Waals surface area contributed by atoms with Crippen LogP contribution in [0, 0.1) is 0 Å². The molecule has 1 saturated heterocycles. The van der Waals surface area contributed by atoms with E-state index in [9.17, 15) is 4.79 Å². The molecule has 1 unspecified atom stereocenters. The lowest BCUT2D eigenvalue weighted by atomic mass is 10.2. The second kappa shape index (κ2) is 6.49. The number of nitrogens with zero attached hydrogens (tertiary/aromatic N) is 5. The van der Waals surface area contributed by atoms with Gasteiger partial charge in [-0.2, -0.15) is 4.52 Å². The molecule has 7 nitrogen and oxygen atoms in total. The molecule has 1 atom stereocenters. The van der Waals surface area contributed by atoms with Crippen LogP contribution in [0.25, 0.3) is 5.65 Å². The third kappa shape index (κ3) is 3.12. The van der Waals surface area contributed by atoms with E-state index in [0.717, 1.165) is 49.6 Å². The van der Waals surface area contributed by atoms with Crippen molar-refractivity contribution in [1.82, 2.24) is 25.1 Å². The van der Waals surface area contributed by atoms with Crippen molar-refractivity contribution in [1.29, 1.82) is 0 Å². The normalized spacial score (nSPS) is 19.6. The van der Waals surface area contributed by atoms with Gasteiger partial charge in [-0.25, -0.2) is 0 Å². The molecule has 2 fully saturated rings. The average Bonchev–Trinajstić information content (AvgIpc) is 3.26. The summed E-state index contributed by atoms with van der Waals surface area (Å²) in [5, 5.41) is 16.8. The van der Waals surface area contributed by atoms with Crippen LogP contribution in [0.3, 0.4) is 0 Å². The molecule has 0 spiro atoms. The van der Waals surface area contributed by atoms with Gasteiger partial charge in [-0.05, 0) is 43.5 Å². The topological polar surface area (TPSA) is 75.4 Å². The first-order chi connectivity index (χ1) is 13.2. The number of benzene rings is 1. The van der Waals surface area contributed by atoms with Gasteiger partial charge in [-0.1, -0.05) is 23.7 Å². The summed E-state index contributed by atoms with van der Waals surface area (Å²) in [4.78, 5) is 14.7. The maximum absolute atomic E-state index is 12.5. The summed E-state index contributed by atoms with van der Waals surface area (Å²) in [7, 11) is 0. The first-order valence-electron chi connectivity index (χ1n) is 9.22. The maximum Gasteiger partial charge on any atom is 0.253 e. The van der Waals surface area contributed by atoms with Gasteiger partial charge in [0.2, 0.25) is 0 Å². The molecule has 2 aromatic heterocycles. The predicted molar refractivity (Wildman–Crippen MR) is 102 cm³/mol. The smallest absolute Gasteiger partial charge is 0.253 e. The zero-order chi connectivity index (χ0) is 18.4. The van der Waals surface area contributed by atoms with E-state index in [2.05, 4.69) is 20.4 Å². The summed E-state index contributed by atoms with van der Waals surface area (Å²) in [5.74, 6) is 2.20. The van der Waals surface area contributed by atoms with Gasteiger partial charge < -0.3 is 10.2 Å². The van der Waals surface area contributed by atoms with Crippen molar-refractivity contribution in [2.75, 3.05) is 18.0 Å². The molecule has 2 aliphatic rings. The minimum Gasteiger partial charge on any atom is -0.353 e. The van der Waals surface area contributed by atoms with Crippen molar-refractivity contribution < 1.29 is 4.79 Å². The van der Waals surface area contributed by atoms with Gasteiger partial charge in [0.05, 0.1) is 10.6 Å². The molecule has 0 bridgehead atoms. The van der Waals surface area contributed by atoms with Crippen molar-refractivity contribution in [2.45, 2.75) is 31.2 Å². The number of aromatic nitrogens is 4. The summed E-state index contributed by atoms with van der Waals surface area (Å²) >= 11 is 6.12. The first-order valence-corrected chi connectivity index (χ1v) is 9.59. The Balaban J connectivity index is 1.30. The second-order valence-electron chi connectivity index (χ2n) is 7.18. The fraction of sp³-hybridized carbons (Fsp3) is 0.368. The second-order valence-corrected chi connectivity index (χ2v) is 7.59. The van der Waals surface area contributed by atoms with Crippen LogP contribution in [0.1, 0.15) is 41.4 Å². The van der Waals surface area contributed by atoms with Gasteiger partial charge in [0.25, 0.3) is 5.91 Å². The fourth-order valence-electron chi connectivity index (χ4n) is 3.56. The van der Waals surface area contributed by atoms with E-state index >= 15 is 0 Å². The van der Waals surface area contributed by atoms with Gasteiger partial charge in [-0.15, -0.1) is 15.3 Å². The minimum absolute atomic E-state index is 0.0649. The number of anilines is 1. The summed E-state index contributed by atoms with van der Waals surface area (Å²) in [5.41, 5.74) is 1.29. The van der Waals surface area contributed by atoms with Gasteiger partial charge in [0.1, 0.15) is 5.82 Å². The summed E-state index contributed by atoms with van der Waals surface area (Å²) in [6, 6.07) is 11.1. The molecule has 1 saturated carbocycles. The Morgan fingerprint density at radius 1 is 1.11 bits per heavy atom. The zero-order valence-electron chi connectivity index (χ0n) is 14.7. The Bertz CT molecular complexity index is 1010. The van der Waals surface area contributed by atoms with Crippen LogP contribution in [0.2, 0.25) is 5.02 Å². The number of carbonyl (C=O) groups excluding carboxylic acids is 1. The Hall–Kier alpha value is -2.67. The third-order valence-corrected chi connectivity index (χ3v) is 5.51. The number of hydrogen-bond donors (Lipinski definition) is 1.